The Balaban J connectivity index is 1.45. The van der Waals surface area contributed by atoms with Gasteiger partial charge in [-0.25, -0.2) is 0 Å². The predicted octanol–water partition coefficient (Wildman–Crippen LogP) is 4.04. The first-order chi connectivity index (χ1) is 16.5. The van der Waals surface area contributed by atoms with Crippen LogP contribution in [-0.4, -0.2) is 66.0 Å². The summed E-state index contributed by atoms with van der Waals surface area (Å²) in [5, 5.41) is 11.7. The second-order valence-electron chi connectivity index (χ2n) is 8.86. The van der Waals surface area contributed by atoms with Crippen molar-refractivity contribution in [3.63, 3.8) is 0 Å². The molecule has 0 unspecified atom stereocenters. The third kappa shape index (κ3) is 4.24. The molecular weight excluding hydrogens is 432 g/mol. The highest BCUT2D eigenvalue weighted by atomic mass is 16.5. The zero-order valence-corrected chi connectivity index (χ0v) is 19.2. The van der Waals surface area contributed by atoms with Crippen molar-refractivity contribution in [2.75, 3.05) is 39.4 Å². The number of fused-ring (bicyclic) bond motifs is 1. The SMILES string of the molecule is Cc1ccc([C@H]2C(C(=O)c3cc4ccccc4o3)=C(O)C(=O)N2CCCN2CCOCC2)cc1. The van der Waals surface area contributed by atoms with Gasteiger partial charge in [-0.3, -0.25) is 14.5 Å². The van der Waals surface area contributed by atoms with Gasteiger partial charge in [-0.1, -0.05) is 48.0 Å². The van der Waals surface area contributed by atoms with Crippen LogP contribution in [0.3, 0.4) is 0 Å². The van der Waals surface area contributed by atoms with Crippen molar-refractivity contribution in [1.29, 1.82) is 0 Å². The van der Waals surface area contributed by atoms with Gasteiger partial charge in [-0.2, -0.15) is 0 Å². The largest absolute Gasteiger partial charge is 0.503 e. The third-order valence-corrected chi connectivity index (χ3v) is 6.57. The maximum Gasteiger partial charge on any atom is 0.290 e. The van der Waals surface area contributed by atoms with Gasteiger partial charge in [0.05, 0.1) is 24.8 Å². The van der Waals surface area contributed by atoms with Gasteiger partial charge < -0.3 is 19.2 Å². The predicted molar refractivity (Wildman–Crippen MR) is 128 cm³/mol. The van der Waals surface area contributed by atoms with Crippen LogP contribution in [0.5, 0.6) is 0 Å². The maximum atomic E-state index is 13.6. The van der Waals surface area contributed by atoms with Crippen LogP contribution in [0.25, 0.3) is 11.0 Å². The van der Waals surface area contributed by atoms with E-state index in [1.807, 2.05) is 49.4 Å². The lowest BCUT2D eigenvalue weighted by molar-refractivity contribution is -0.129. The quantitative estimate of drug-likeness (QED) is 0.536. The lowest BCUT2D eigenvalue weighted by atomic mass is 9.94. The molecule has 2 aliphatic rings. The van der Waals surface area contributed by atoms with Crippen LogP contribution in [0, 0.1) is 6.92 Å². The number of aliphatic hydroxyl groups is 1. The van der Waals surface area contributed by atoms with Crippen LogP contribution in [0.4, 0.5) is 0 Å². The van der Waals surface area contributed by atoms with Crippen LogP contribution in [-0.2, 0) is 9.53 Å². The molecule has 34 heavy (non-hydrogen) atoms. The van der Waals surface area contributed by atoms with Gasteiger partial charge in [0, 0.05) is 31.6 Å². The number of para-hydroxylation sites is 1. The van der Waals surface area contributed by atoms with Crippen molar-refractivity contribution < 1.29 is 23.8 Å². The number of carbonyl (C=O) groups excluding carboxylic acids is 2. The highest BCUT2D eigenvalue weighted by Gasteiger charge is 2.44. The van der Waals surface area contributed by atoms with E-state index in [0.29, 0.717) is 25.3 Å². The number of amides is 1. The van der Waals surface area contributed by atoms with Gasteiger partial charge in [0.1, 0.15) is 5.58 Å². The smallest absolute Gasteiger partial charge is 0.290 e. The molecule has 2 aromatic carbocycles. The number of furan rings is 1. The summed E-state index contributed by atoms with van der Waals surface area (Å²) < 4.78 is 11.2. The highest BCUT2D eigenvalue weighted by Crippen LogP contribution is 2.39. The lowest BCUT2D eigenvalue weighted by Gasteiger charge is -2.30. The molecule has 1 aromatic heterocycles. The monoisotopic (exact) mass is 460 g/mol. The van der Waals surface area contributed by atoms with Gasteiger partial charge >= 0.3 is 0 Å². The first-order valence-electron chi connectivity index (χ1n) is 11.7. The average molecular weight is 461 g/mol. The number of ether oxygens (including phenoxy) is 1. The molecule has 7 nitrogen and oxygen atoms in total. The van der Waals surface area contributed by atoms with Crippen molar-refractivity contribution in [1.82, 2.24) is 9.80 Å². The Morgan fingerprint density at radius 3 is 2.53 bits per heavy atom. The minimum absolute atomic E-state index is 0.0688. The van der Waals surface area contributed by atoms with Crippen molar-refractivity contribution in [2.24, 2.45) is 0 Å². The number of benzene rings is 2. The highest BCUT2D eigenvalue weighted by molar-refractivity contribution is 6.16. The molecule has 0 bridgehead atoms. The van der Waals surface area contributed by atoms with Crippen LogP contribution < -0.4 is 0 Å². The molecule has 1 amide bonds. The number of aryl methyl sites for hydroxylation is 1. The maximum absolute atomic E-state index is 13.6. The van der Waals surface area contributed by atoms with Gasteiger partial charge in [0.25, 0.3) is 5.91 Å². The first kappa shape index (κ1) is 22.4. The Kier molecular flexibility index (Phi) is 6.22. The molecule has 0 saturated carbocycles. The van der Waals surface area contributed by atoms with Crippen LogP contribution >= 0.6 is 0 Å². The van der Waals surface area contributed by atoms with Crippen LogP contribution in [0.1, 0.15) is 34.1 Å². The molecule has 1 saturated heterocycles. The summed E-state index contributed by atoms with van der Waals surface area (Å²) in [7, 11) is 0. The first-order valence-corrected chi connectivity index (χ1v) is 11.7. The summed E-state index contributed by atoms with van der Waals surface area (Å²) >= 11 is 0. The Labute approximate surface area is 198 Å². The fourth-order valence-corrected chi connectivity index (χ4v) is 4.73. The van der Waals surface area contributed by atoms with Crippen molar-refractivity contribution in [3.8, 4) is 0 Å². The molecule has 3 aromatic rings. The van der Waals surface area contributed by atoms with E-state index in [-0.39, 0.29) is 11.3 Å². The van der Waals surface area contributed by atoms with Gasteiger partial charge in [0.15, 0.2) is 11.5 Å². The summed E-state index contributed by atoms with van der Waals surface area (Å²) in [4.78, 5) is 30.6. The number of hydrogen-bond acceptors (Lipinski definition) is 6. The molecule has 1 N–H and O–H groups in total. The van der Waals surface area contributed by atoms with E-state index in [1.165, 1.54) is 0 Å². The Morgan fingerprint density at radius 1 is 1.06 bits per heavy atom. The van der Waals surface area contributed by atoms with E-state index in [2.05, 4.69) is 4.90 Å². The standard InChI is InChI=1S/C27H28N2O5/c1-18-7-9-19(10-8-18)24-23(25(30)22-17-20-5-2-3-6-21(20)34-22)26(31)27(32)29(24)12-4-11-28-13-15-33-16-14-28/h2-3,5-10,17,24,31H,4,11-16H2,1H3/t24-/m0/s1. The van der Waals surface area contributed by atoms with Gasteiger partial charge in [0.2, 0.25) is 5.78 Å². The molecule has 5 rings (SSSR count). The number of aliphatic hydroxyl groups excluding tert-OH is 1. The van der Waals surface area contributed by atoms with Crippen molar-refractivity contribution in [3.05, 3.63) is 82.8 Å². The second kappa shape index (κ2) is 9.44. The molecule has 0 spiro atoms. The molecule has 1 fully saturated rings. The summed E-state index contributed by atoms with van der Waals surface area (Å²) in [5.41, 5.74) is 2.52. The van der Waals surface area contributed by atoms with Crippen LogP contribution in [0.15, 0.2) is 70.3 Å². The van der Waals surface area contributed by atoms with E-state index < -0.39 is 23.5 Å². The molecule has 1 atom stereocenters. The van der Waals surface area contributed by atoms with Crippen molar-refractivity contribution >= 4 is 22.7 Å². The molecule has 0 aliphatic carbocycles. The molecule has 176 valence electrons. The molecule has 0 radical (unpaired) electrons. The minimum Gasteiger partial charge on any atom is -0.503 e. The van der Waals surface area contributed by atoms with E-state index >= 15 is 0 Å². The molecule has 3 heterocycles. The number of morpholine rings is 1. The summed E-state index contributed by atoms with van der Waals surface area (Å²) in [6.45, 7) is 6.40. The molecular formula is C27H28N2O5. The number of carbonyl (C=O) groups is 2. The summed E-state index contributed by atoms with van der Waals surface area (Å²) in [6.07, 6.45) is 0.730. The number of hydrogen-bond donors (Lipinski definition) is 1. The molecule has 7 heteroatoms. The summed E-state index contributed by atoms with van der Waals surface area (Å²) in [6, 6.07) is 16.1. The zero-order chi connectivity index (χ0) is 23.7. The molecule has 2 aliphatic heterocycles. The van der Waals surface area contributed by atoms with Crippen molar-refractivity contribution in [2.45, 2.75) is 19.4 Å². The number of nitrogens with zero attached hydrogens (tertiary/aromatic N) is 2. The van der Waals surface area contributed by atoms with E-state index in [0.717, 1.165) is 42.6 Å². The number of ketones is 1. The normalized spacial score (nSPS) is 19.4. The van der Waals surface area contributed by atoms with E-state index in [1.54, 1.807) is 17.0 Å². The second-order valence-corrected chi connectivity index (χ2v) is 8.86. The fraction of sp³-hybridized carbons (Fsp3) is 0.333. The minimum atomic E-state index is -0.668. The lowest BCUT2D eigenvalue weighted by Crippen LogP contribution is -2.39. The number of rotatable bonds is 7. The van der Waals surface area contributed by atoms with E-state index in [9.17, 15) is 14.7 Å². The number of Topliss-reactive ketones (excluding diaryl/α,β-unsaturated/α-hetero) is 1. The fourth-order valence-electron chi connectivity index (χ4n) is 4.73. The Bertz CT molecular complexity index is 1200. The summed E-state index contributed by atoms with van der Waals surface area (Å²) in [5.74, 6) is -1.37. The average Bonchev–Trinajstić information content (AvgIpc) is 3.40. The third-order valence-electron chi connectivity index (χ3n) is 6.57. The van der Waals surface area contributed by atoms with Gasteiger partial charge in [-0.05, 0) is 31.0 Å². The van der Waals surface area contributed by atoms with Crippen LogP contribution in [0.2, 0.25) is 0 Å². The van der Waals surface area contributed by atoms with E-state index in [4.69, 9.17) is 9.15 Å². The Morgan fingerprint density at radius 2 is 1.79 bits per heavy atom. The van der Waals surface area contributed by atoms with Gasteiger partial charge in [-0.15, -0.1) is 0 Å². The zero-order valence-electron chi connectivity index (χ0n) is 19.2. The topological polar surface area (TPSA) is 83.2 Å². The Hall–Kier alpha value is -3.42.